The predicted molar refractivity (Wildman–Crippen MR) is 90.2 cm³/mol. The molecule has 1 rings (SSSR count). The van der Waals surface area contributed by atoms with Crippen LogP contribution in [0.1, 0.15) is 52.7 Å². The van der Waals surface area contributed by atoms with E-state index in [1.54, 1.807) is 39.8 Å². The van der Waals surface area contributed by atoms with Gasteiger partial charge in [0.1, 0.15) is 0 Å². The van der Waals surface area contributed by atoms with E-state index in [1.165, 1.54) is 0 Å². The van der Waals surface area contributed by atoms with Gasteiger partial charge in [-0.1, -0.05) is 53.7 Å². The van der Waals surface area contributed by atoms with Crippen LogP contribution in [0.15, 0.2) is 23.1 Å². The topological polar surface area (TPSA) is 87.6 Å². The lowest BCUT2D eigenvalue weighted by molar-refractivity contribution is -0.123. The van der Waals surface area contributed by atoms with Crippen LogP contribution in [0.3, 0.4) is 0 Å². The van der Waals surface area contributed by atoms with Crippen LogP contribution < -0.4 is 0 Å². The molecule has 0 spiro atoms. The minimum Gasteiger partial charge on any atom is -0.360 e. The Morgan fingerprint density at radius 2 is 1.61 bits per heavy atom. The average Bonchev–Trinajstić information content (AvgIpc) is 2.36. The maximum atomic E-state index is 12.8. The van der Waals surface area contributed by atoms with Gasteiger partial charge in [0.15, 0.2) is 0 Å². The van der Waals surface area contributed by atoms with Crippen LogP contribution in [-0.4, -0.2) is 24.0 Å². The molecule has 23 heavy (non-hydrogen) atoms. The van der Waals surface area contributed by atoms with E-state index < -0.39 is 26.1 Å². The fraction of sp³-hybridized carbons (Fsp3) is 0.529. The third-order valence-corrected chi connectivity index (χ3v) is 5.36. The summed E-state index contributed by atoms with van der Waals surface area (Å²) in [6, 6.07) is 5.10. The standard InChI is InChI=1S/C17H24N2O3S/c1-11-8-9-12(16(2,3)4)10-13(11)23(21,22)15(19-18)14(20)17(5,6)7/h8-10H,1-7H3. The highest BCUT2D eigenvalue weighted by Crippen LogP contribution is 2.28. The van der Waals surface area contributed by atoms with Crippen molar-refractivity contribution >= 4 is 20.7 Å². The summed E-state index contributed by atoms with van der Waals surface area (Å²) in [5.41, 5.74) is 9.27. The molecule has 0 aromatic heterocycles. The van der Waals surface area contributed by atoms with E-state index in [9.17, 15) is 13.2 Å². The van der Waals surface area contributed by atoms with Gasteiger partial charge in [0.05, 0.1) is 4.90 Å². The smallest absolute Gasteiger partial charge is 0.360 e. The quantitative estimate of drug-likeness (QED) is 0.359. The highest BCUT2D eigenvalue weighted by molar-refractivity contribution is 8.08. The van der Waals surface area contributed by atoms with E-state index in [1.807, 2.05) is 26.8 Å². The minimum absolute atomic E-state index is 0.00433. The molecule has 0 heterocycles. The molecule has 0 radical (unpaired) electrons. The molecule has 0 saturated carbocycles. The van der Waals surface area contributed by atoms with Crippen molar-refractivity contribution in [1.29, 1.82) is 0 Å². The van der Waals surface area contributed by atoms with Crippen molar-refractivity contribution in [2.75, 3.05) is 0 Å². The lowest BCUT2D eigenvalue weighted by atomic mass is 9.87. The van der Waals surface area contributed by atoms with E-state index in [0.717, 1.165) is 5.56 Å². The summed E-state index contributed by atoms with van der Waals surface area (Å²) < 4.78 is 25.7. The second kappa shape index (κ2) is 6.02. The Balaban J connectivity index is 3.62. The monoisotopic (exact) mass is 336 g/mol. The van der Waals surface area contributed by atoms with E-state index in [4.69, 9.17) is 5.53 Å². The Labute approximate surface area is 138 Å². The number of carbonyl (C=O) groups excluding carboxylic acids is 1. The molecule has 1 aromatic rings. The van der Waals surface area contributed by atoms with Crippen molar-refractivity contribution in [3.63, 3.8) is 0 Å². The molecule has 0 amide bonds. The summed E-state index contributed by atoms with van der Waals surface area (Å²) in [5.74, 6) is -0.722. The third-order valence-electron chi connectivity index (χ3n) is 3.56. The van der Waals surface area contributed by atoms with Crippen molar-refractivity contribution in [3.8, 4) is 0 Å². The number of hydrogen-bond acceptors (Lipinski definition) is 3. The molecule has 1 aromatic carbocycles. The molecule has 0 aliphatic carbocycles. The number of carbonyl (C=O) groups is 1. The van der Waals surface area contributed by atoms with Crippen LogP contribution in [0.25, 0.3) is 5.53 Å². The predicted octanol–water partition coefficient (Wildman–Crippen LogP) is 3.31. The summed E-state index contributed by atoms with van der Waals surface area (Å²) in [4.78, 5) is 15.1. The minimum atomic E-state index is -4.20. The van der Waals surface area contributed by atoms with Crippen molar-refractivity contribution in [2.45, 2.75) is 58.8 Å². The van der Waals surface area contributed by atoms with Crippen molar-refractivity contribution in [2.24, 2.45) is 5.41 Å². The highest BCUT2D eigenvalue weighted by Gasteiger charge is 2.44. The van der Waals surface area contributed by atoms with E-state index in [-0.39, 0.29) is 10.3 Å². The van der Waals surface area contributed by atoms with Gasteiger partial charge in [-0.3, -0.25) is 4.79 Å². The lowest BCUT2D eigenvalue weighted by Gasteiger charge is -2.20. The van der Waals surface area contributed by atoms with Gasteiger partial charge in [-0.05, 0) is 29.5 Å². The number of ketones is 1. The first-order valence-electron chi connectivity index (χ1n) is 7.36. The first kappa shape index (κ1) is 19.3. The van der Waals surface area contributed by atoms with Gasteiger partial charge in [0.2, 0.25) is 0 Å². The second-order valence-electron chi connectivity index (χ2n) is 7.72. The normalized spacial score (nSPS) is 12.7. The molecule has 5 nitrogen and oxygen atoms in total. The van der Waals surface area contributed by atoms with Gasteiger partial charge in [-0.2, -0.15) is 0 Å². The molecule has 0 fully saturated rings. The summed E-state index contributed by atoms with van der Waals surface area (Å²) >= 11 is 0. The fourth-order valence-electron chi connectivity index (χ4n) is 2.00. The fourth-order valence-corrected chi connectivity index (χ4v) is 3.64. The van der Waals surface area contributed by atoms with E-state index in [2.05, 4.69) is 4.79 Å². The molecule has 0 aliphatic heterocycles. The number of rotatable bonds is 2. The van der Waals surface area contributed by atoms with Gasteiger partial charge < -0.3 is 5.53 Å². The van der Waals surface area contributed by atoms with Crippen LogP contribution >= 0.6 is 0 Å². The molecule has 0 atom stereocenters. The lowest BCUT2D eigenvalue weighted by Crippen LogP contribution is -2.35. The molecule has 6 heteroatoms. The Bertz CT molecular complexity index is 788. The zero-order chi connectivity index (χ0) is 18.2. The third kappa shape index (κ3) is 3.95. The largest absolute Gasteiger partial charge is 0.452 e. The van der Waals surface area contributed by atoms with Gasteiger partial charge in [0, 0.05) is 5.41 Å². The first-order chi connectivity index (χ1) is 10.2. The summed E-state index contributed by atoms with van der Waals surface area (Å²) in [6.45, 7) is 12.3. The number of nitrogens with zero attached hydrogens (tertiary/aromatic N) is 2. The van der Waals surface area contributed by atoms with E-state index in [0.29, 0.717) is 5.56 Å². The van der Waals surface area contributed by atoms with Gasteiger partial charge in [-0.15, -0.1) is 4.79 Å². The average molecular weight is 336 g/mol. The Morgan fingerprint density at radius 3 is 2.00 bits per heavy atom. The zero-order valence-electron chi connectivity index (χ0n) is 14.8. The number of Topliss-reactive ketones (excluding diaryl/α,β-unsaturated/α-hetero) is 1. The molecule has 0 N–H and O–H groups in total. The Morgan fingerprint density at radius 1 is 1.09 bits per heavy atom. The van der Waals surface area contributed by atoms with Crippen LogP contribution in [0, 0.1) is 12.3 Å². The molecular weight excluding hydrogens is 312 g/mol. The van der Waals surface area contributed by atoms with Gasteiger partial charge >= 0.3 is 5.04 Å². The SMILES string of the molecule is Cc1ccc(C(C)(C)C)cc1S(=O)(=O)C(=[N+]=[N-])C(=O)C(C)(C)C. The summed E-state index contributed by atoms with van der Waals surface area (Å²) in [6.07, 6.45) is 0. The Kier molecular flexibility index (Phi) is 5.04. The summed E-state index contributed by atoms with van der Waals surface area (Å²) in [5, 5.41) is -0.820. The van der Waals surface area contributed by atoms with E-state index >= 15 is 0 Å². The molecule has 0 saturated heterocycles. The Hall–Kier alpha value is -1.78. The molecular formula is C17H24N2O3S. The van der Waals surface area contributed by atoms with Crippen LogP contribution in [0.4, 0.5) is 0 Å². The van der Waals surface area contributed by atoms with Crippen LogP contribution in [-0.2, 0) is 20.0 Å². The van der Waals surface area contributed by atoms with Crippen LogP contribution in [0.5, 0.6) is 0 Å². The molecule has 0 bridgehead atoms. The number of benzene rings is 1. The zero-order valence-corrected chi connectivity index (χ0v) is 15.6. The summed E-state index contributed by atoms with van der Waals surface area (Å²) in [7, 11) is -4.20. The maximum absolute atomic E-state index is 12.8. The number of sulfone groups is 1. The van der Waals surface area contributed by atoms with Crippen molar-refractivity contribution in [3.05, 3.63) is 34.9 Å². The van der Waals surface area contributed by atoms with Gasteiger partial charge in [0.25, 0.3) is 15.6 Å². The number of hydrogen-bond donors (Lipinski definition) is 0. The molecule has 126 valence electrons. The van der Waals surface area contributed by atoms with Crippen LogP contribution in [0.2, 0.25) is 0 Å². The molecule has 0 aliphatic rings. The van der Waals surface area contributed by atoms with Gasteiger partial charge in [-0.25, -0.2) is 8.42 Å². The number of aryl methyl sites for hydroxylation is 1. The first-order valence-corrected chi connectivity index (χ1v) is 8.84. The highest BCUT2D eigenvalue weighted by atomic mass is 32.2. The van der Waals surface area contributed by atoms with Crippen molar-refractivity contribution in [1.82, 2.24) is 0 Å². The van der Waals surface area contributed by atoms with Crippen molar-refractivity contribution < 1.29 is 18.0 Å². The maximum Gasteiger partial charge on any atom is 0.452 e. The molecule has 0 unspecified atom stereocenters. The second-order valence-corrected chi connectivity index (χ2v) is 9.55.